The fourth-order valence-electron chi connectivity index (χ4n) is 2.86. The second-order valence-corrected chi connectivity index (χ2v) is 6.70. The molecular weight excluding hydrogens is 322 g/mol. The summed E-state index contributed by atoms with van der Waals surface area (Å²) in [6.07, 6.45) is 6.77. The van der Waals surface area contributed by atoms with Gasteiger partial charge in [0.1, 0.15) is 12.0 Å². The van der Waals surface area contributed by atoms with Crippen LogP contribution in [0.2, 0.25) is 0 Å². The van der Waals surface area contributed by atoms with E-state index in [4.69, 9.17) is 0 Å². The van der Waals surface area contributed by atoms with Crippen molar-refractivity contribution < 1.29 is 4.92 Å². The Morgan fingerprint density at radius 2 is 2.05 bits per heavy atom. The van der Waals surface area contributed by atoms with Gasteiger partial charge < -0.3 is 5.32 Å². The number of nitrogens with one attached hydrogen (secondary N) is 1. The minimum atomic E-state index is -0.395. The van der Waals surface area contributed by atoms with Crippen LogP contribution in [-0.4, -0.2) is 16.5 Å². The first kappa shape index (κ1) is 13.8. The molecule has 2 aliphatic carbocycles. The molecule has 6 heteroatoms. The van der Waals surface area contributed by atoms with Crippen LogP contribution >= 0.6 is 15.9 Å². The average Bonchev–Trinajstić information content (AvgIpc) is 3.26. The van der Waals surface area contributed by atoms with E-state index in [1.165, 1.54) is 31.9 Å². The lowest BCUT2D eigenvalue weighted by molar-refractivity contribution is -0.385. The molecule has 0 radical (unpaired) electrons. The van der Waals surface area contributed by atoms with Crippen molar-refractivity contribution in [2.24, 2.45) is 17.8 Å². The SMILES string of the molecule is Cc1c([N+](=O)[O-])cnc(NCC(C2CC2)C2CC2)c1Br. The van der Waals surface area contributed by atoms with Crippen LogP contribution in [0.1, 0.15) is 31.2 Å². The first-order chi connectivity index (χ1) is 9.58. The van der Waals surface area contributed by atoms with Crippen LogP contribution in [0.25, 0.3) is 0 Å². The Balaban J connectivity index is 1.70. The molecule has 0 atom stereocenters. The third-order valence-corrected chi connectivity index (χ3v) is 5.36. The molecule has 2 saturated carbocycles. The van der Waals surface area contributed by atoms with Gasteiger partial charge in [0.15, 0.2) is 0 Å². The van der Waals surface area contributed by atoms with E-state index in [0.29, 0.717) is 10.0 Å². The monoisotopic (exact) mass is 339 g/mol. The van der Waals surface area contributed by atoms with Gasteiger partial charge >= 0.3 is 0 Å². The van der Waals surface area contributed by atoms with Crippen molar-refractivity contribution in [2.45, 2.75) is 32.6 Å². The Labute approximate surface area is 126 Å². The Morgan fingerprint density at radius 3 is 2.55 bits per heavy atom. The van der Waals surface area contributed by atoms with Crippen LogP contribution in [0.15, 0.2) is 10.7 Å². The normalized spacial score (nSPS) is 18.4. The maximum atomic E-state index is 10.9. The quantitative estimate of drug-likeness (QED) is 0.630. The number of nitro groups is 1. The maximum absolute atomic E-state index is 10.9. The number of anilines is 1. The van der Waals surface area contributed by atoms with Crippen molar-refractivity contribution in [1.29, 1.82) is 0 Å². The van der Waals surface area contributed by atoms with Crippen LogP contribution in [0.5, 0.6) is 0 Å². The van der Waals surface area contributed by atoms with Crippen molar-refractivity contribution in [1.82, 2.24) is 4.98 Å². The first-order valence-corrected chi connectivity index (χ1v) is 7.90. The van der Waals surface area contributed by atoms with Crippen molar-refractivity contribution in [3.63, 3.8) is 0 Å². The number of halogens is 1. The van der Waals surface area contributed by atoms with E-state index in [1.54, 1.807) is 6.92 Å². The molecule has 0 amide bonds. The molecule has 3 rings (SSSR count). The molecule has 0 saturated heterocycles. The smallest absolute Gasteiger partial charge is 0.291 e. The third-order valence-electron chi connectivity index (χ3n) is 4.39. The van der Waals surface area contributed by atoms with Gasteiger partial charge in [0.25, 0.3) is 5.69 Å². The van der Waals surface area contributed by atoms with Crippen LogP contribution < -0.4 is 5.32 Å². The lowest BCUT2D eigenvalue weighted by Gasteiger charge is -2.17. The highest BCUT2D eigenvalue weighted by Gasteiger charge is 2.41. The van der Waals surface area contributed by atoms with E-state index in [-0.39, 0.29) is 5.69 Å². The molecule has 2 fully saturated rings. The predicted octanol–water partition coefficient (Wildman–Crippen LogP) is 3.91. The van der Waals surface area contributed by atoms with Gasteiger partial charge in [0.05, 0.1) is 9.40 Å². The molecule has 1 heterocycles. The molecule has 0 aromatic carbocycles. The summed E-state index contributed by atoms with van der Waals surface area (Å²) in [7, 11) is 0. The Kier molecular flexibility index (Phi) is 3.67. The molecule has 1 aromatic heterocycles. The van der Waals surface area contributed by atoms with Gasteiger partial charge in [-0.1, -0.05) is 0 Å². The summed E-state index contributed by atoms with van der Waals surface area (Å²) in [5.41, 5.74) is 0.685. The minimum Gasteiger partial charge on any atom is -0.369 e. The number of nitrogens with zero attached hydrogens (tertiary/aromatic N) is 2. The molecule has 1 N–H and O–H groups in total. The summed E-state index contributed by atoms with van der Waals surface area (Å²) in [6, 6.07) is 0. The van der Waals surface area contributed by atoms with Crippen LogP contribution in [-0.2, 0) is 0 Å². The highest BCUT2D eigenvalue weighted by molar-refractivity contribution is 9.10. The zero-order valence-corrected chi connectivity index (χ0v) is 13.0. The van der Waals surface area contributed by atoms with E-state index in [2.05, 4.69) is 26.2 Å². The highest BCUT2D eigenvalue weighted by atomic mass is 79.9. The third kappa shape index (κ3) is 2.80. The minimum absolute atomic E-state index is 0.0587. The Bertz CT molecular complexity index is 529. The molecular formula is C14H18BrN3O2. The molecule has 0 aliphatic heterocycles. The van der Waals surface area contributed by atoms with E-state index in [0.717, 1.165) is 30.1 Å². The summed E-state index contributed by atoms with van der Waals surface area (Å²) < 4.78 is 0.706. The van der Waals surface area contributed by atoms with Gasteiger partial charge in [-0.2, -0.15) is 0 Å². The molecule has 0 spiro atoms. The number of pyridine rings is 1. The van der Waals surface area contributed by atoms with E-state index in [9.17, 15) is 10.1 Å². The van der Waals surface area contributed by atoms with Crippen LogP contribution in [0.3, 0.4) is 0 Å². The fourth-order valence-corrected chi connectivity index (χ4v) is 3.30. The van der Waals surface area contributed by atoms with Gasteiger partial charge in [-0.05, 0) is 66.3 Å². The van der Waals surface area contributed by atoms with Crippen molar-refractivity contribution in [3.8, 4) is 0 Å². The van der Waals surface area contributed by atoms with Crippen molar-refractivity contribution in [3.05, 3.63) is 26.3 Å². The average molecular weight is 340 g/mol. The second kappa shape index (κ2) is 5.31. The fraction of sp³-hybridized carbons (Fsp3) is 0.643. The molecule has 108 valence electrons. The largest absolute Gasteiger partial charge is 0.369 e. The van der Waals surface area contributed by atoms with Gasteiger partial charge in [-0.25, -0.2) is 4.98 Å². The Morgan fingerprint density at radius 1 is 1.45 bits per heavy atom. The van der Waals surface area contributed by atoms with Gasteiger partial charge in [-0.3, -0.25) is 10.1 Å². The zero-order chi connectivity index (χ0) is 14.3. The predicted molar refractivity (Wildman–Crippen MR) is 80.8 cm³/mol. The molecule has 1 aromatic rings. The first-order valence-electron chi connectivity index (χ1n) is 7.11. The molecule has 2 aliphatic rings. The molecule has 20 heavy (non-hydrogen) atoms. The number of hydrogen-bond acceptors (Lipinski definition) is 4. The summed E-state index contributed by atoms with van der Waals surface area (Å²) >= 11 is 3.43. The zero-order valence-electron chi connectivity index (χ0n) is 11.4. The second-order valence-electron chi connectivity index (χ2n) is 5.91. The van der Waals surface area contributed by atoms with E-state index < -0.39 is 4.92 Å². The maximum Gasteiger partial charge on any atom is 0.291 e. The summed E-state index contributed by atoms with van der Waals surface area (Å²) in [5.74, 6) is 3.24. The van der Waals surface area contributed by atoms with Gasteiger partial charge in [0.2, 0.25) is 0 Å². The molecule has 0 bridgehead atoms. The number of aromatic nitrogens is 1. The summed E-state index contributed by atoms with van der Waals surface area (Å²) in [4.78, 5) is 14.7. The van der Waals surface area contributed by atoms with Gasteiger partial charge in [-0.15, -0.1) is 0 Å². The summed E-state index contributed by atoms with van der Waals surface area (Å²) in [5, 5.41) is 14.3. The van der Waals surface area contributed by atoms with Crippen LogP contribution in [0.4, 0.5) is 11.5 Å². The lowest BCUT2D eigenvalue weighted by atomic mass is 9.98. The molecule has 5 nitrogen and oxygen atoms in total. The number of hydrogen-bond donors (Lipinski definition) is 1. The Hall–Kier alpha value is -1.17. The van der Waals surface area contributed by atoms with Crippen molar-refractivity contribution >= 4 is 27.4 Å². The summed E-state index contributed by atoms with van der Waals surface area (Å²) in [6.45, 7) is 2.67. The topological polar surface area (TPSA) is 68.1 Å². The van der Waals surface area contributed by atoms with E-state index >= 15 is 0 Å². The van der Waals surface area contributed by atoms with Gasteiger partial charge in [0, 0.05) is 12.1 Å². The standard InChI is InChI=1S/C14H18BrN3O2/c1-8-12(18(19)20)7-17-14(13(8)15)16-6-11(9-2-3-9)10-4-5-10/h7,9-11H,2-6H2,1H3,(H,16,17). The molecule has 0 unspecified atom stereocenters. The van der Waals surface area contributed by atoms with Crippen molar-refractivity contribution in [2.75, 3.05) is 11.9 Å². The highest BCUT2D eigenvalue weighted by Crippen LogP contribution is 2.49. The number of rotatable bonds is 6. The lowest BCUT2D eigenvalue weighted by Crippen LogP contribution is -2.19. The van der Waals surface area contributed by atoms with E-state index in [1.807, 2.05) is 0 Å². The van der Waals surface area contributed by atoms with Crippen LogP contribution in [0, 0.1) is 34.8 Å².